The van der Waals surface area contributed by atoms with Crippen molar-refractivity contribution in [2.24, 2.45) is 0 Å². The highest BCUT2D eigenvalue weighted by molar-refractivity contribution is 6.02. The molecule has 0 unspecified atom stereocenters. The Morgan fingerprint density at radius 2 is 1.81 bits per heavy atom. The number of ether oxygens (including phenoxy) is 1. The Hall–Kier alpha value is -4.63. The van der Waals surface area contributed by atoms with Crippen LogP contribution in [-0.4, -0.2) is 22.3 Å². The minimum atomic E-state index is -0.434. The van der Waals surface area contributed by atoms with Crippen LogP contribution in [0, 0.1) is 11.3 Å². The van der Waals surface area contributed by atoms with Crippen molar-refractivity contribution in [2.45, 2.75) is 26.3 Å². The number of nitrogens with zero attached hydrogens (tertiary/aromatic N) is 3. The fourth-order valence-electron chi connectivity index (χ4n) is 3.68. The normalized spacial score (nSPS) is 11.1. The molecule has 0 aliphatic heterocycles. The maximum Gasteiger partial charge on any atom is 0.262 e. The highest BCUT2D eigenvalue weighted by atomic mass is 16.5. The molecule has 1 heterocycles. The second kappa shape index (κ2) is 12.2. The van der Waals surface area contributed by atoms with Gasteiger partial charge in [-0.1, -0.05) is 74.0 Å². The monoisotopic (exact) mass is 476 g/mol. The van der Waals surface area contributed by atoms with E-state index in [-0.39, 0.29) is 5.57 Å². The number of nitrogens with one attached hydrogen (secondary N) is 1. The molecule has 0 aliphatic rings. The van der Waals surface area contributed by atoms with E-state index in [9.17, 15) is 10.1 Å². The smallest absolute Gasteiger partial charge is 0.262 e. The molecular formula is C30H28N4O2. The number of benzene rings is 3. The summed E-state index contributed by atoms with van der Waals surface area (Å²) in [6.45, 7) is 3.11. The molecule has 6 nitrogen and oxygen atoms in total. The van der Waals surface area contributed by atoms with E-state index in [0.717, 1.165) is 35.4 Å². The summed E-state index contributed by atoms with van der Waals surface area (Å²) in [5, 5.41) is 17.4. The first-order valence-electron chi connectivity index (χ1n) is 12.0. The van der Waals surface area contributed by atoms with Crippen molar-refractivity contribution in [3.05, 3.63) is 108 Å². The molecule has 1 aromatic heterocycles. The van der Waals surface area contributed by atoms with E-state index in [0.29, 0.717) is 24.4 Å². The SMILES string of the molecule is CCCCOc1cccc(-c2nn(-c3ccccc3)cc2/C=C(/C#N)C(=O)NCc2ccccc2)c1. The van der Waals surface area contributed by atoms with Crippen LogP contribution in [0.5, 0.6) is 5.75 Å². The van der Waals surface area contributed by atoms with Crippen LogP contribution in [0.15, 0.2) is 96.7 Å². The van der Waals surface area contributed by atoms with E-state index in [1.165, 1.54) is 0 Å². The maximum absolute atomic E-state index is 12.8. The van der Waals surface area contributed by atoms with Crippen molar-refractivity contribution in [2.75, 3.05) is 6.61 Å². The third-order valence-electron chi connectivity index (χ3n) is 5.60. The maximum atomic E-state index is 12.8. The Morgan fingerprint density at radius 3 is 2.53 bits per heavy atom. The predicted molar refractivity (Wildman–Crippen MR) is 141 cm³/mol. The van der Waals surface area contributed by atoms with Crippen LogP contribution in [0.25, 0.3) is 23.0 Å². The van der Waals surface area contributed by atoms with Gasteiger partial charge in [0.1, 0.15) is 23.1 Å². The Labute approximate surface area is 211 Å². The minimum Gasteiger partial charge on any atom is -0.494 e. The third kappa shape index (κ3) is 6.28. The Kier molecular flexibility index (Phi) is 8.29. The fourth-order valence-corrected chi connectivity index (χ4v) is 3.68. The van der Waals surface area contributed by atoms with E-state index in [1.807, 2.05) is 97.2 Å². The van der Waals surface area contributed by atoms with Crippen molar-refractivity contribution in [1.82, 2.24) is 15.1 Å². The van der Waals surface area contributed by atoms with Gasteiger partial charge in [0, 0.05) is 23.9 Å². The molecule has 4 aromatic rings. The number of aromatic nitrogens is 2. The Balaban J connectivity index is 1.67. The lowest BCUT2D eigenvalue weighted by Crippen LogP contribution is -2.23. The first kappa shape index (κ1) is 24.5. The fraction of sp³-hybridized carbons (Fsp3) is 0.167. The number of amides is 1. The molecule has 0 spiro atoms. The summed E-state index contributed by atoms with van der Waals surface area (Å²) >= 11 is 0. The van der Waals surface area contributed by atoms with Gasteiger partial charge in [0.2, 0.25) is 0 Å². The highest BCUT2D eigenvalue weighted by Crippen LogP contribution is 2.28. The number of para-hydroxylation sites is 1. The number of unbranched alkanes of at least 4 members (excludes halogenated alkanes) is 1. The molecule has 1 amide bonds. The van der Waals surface area contributed by atoms with Crippen molar-refractivity contribution < 1.29 is 9.53 Å². The molecule has 0 saturated carbocycles. The largest absolute Gasteiger partial charge is 0.494 e. The molecule has 0 atom stereocenters. The molecule has 1 N–H and O–H groups in total. The Bertz CT molecular complexity index is 1370. The summed E-state index contributed by atoms with van der Waals surface area (Å²) < 4.78 is 7.64. The summed E-state index contributed by atoms with van der Waals surface area (Å²) in [6.07, 6.45) is 5.45. The van der Waals surface area contributed by atoms with Gasteiger partial charge < -0.3 is 10.1 Å². The van der Waals surface area contributed by atoms with Crippen LogP contribution >= 0.6 is 0 Å². The summed E-state index contributed by atoms with van der Waals surface area (Å²) in [5.74, 6) is 0.322. The lowest BCUT2D eigenvalue weighted by molar-refractivity contribution is -0.117. The number of nitriles is 1. The van der Waals surface area contributed by atoms with Gasteiger partial charge in [-0.2, -0.15) is 10.4 Å². The molecule has 3 aromatic carbocycles. The first-order chi connectivity index (χ1) is 17.7. The van der Waals surface area contributed by atoms with E-state index in [2.05, 4.69) is 12.2 Å². The van der Waals surface area contributed by atoms with Crippen LogP contribution in [0.4, 0.5) is 0 Å². The predicted octanol–water partition coefficient (Wildman–Crippen LogP) is 5.94. The zero-order valence-corrected chi connectivity index (χ0v) is 20.2. The molecule has 0 fully saturated rings. The van der Waals surface area contributed by atoms with Gasteiger partial charge in [-0.05, 0) is 42.3 Å². The van der Waals surface area contributed by atoms with Crippen LogP contribution in [0.2, 0.25) is 0 Å². The molecule has 0 saturated heterocycles. The molecule has 0 bridgehead atoms. The summed E-state index contributed by atoms with van der Waals surface area (Å²) in [4.78, 5) is 12.8. The Morgan fingerprint density at radius 1 is 1.06 bits per heavy atom. The third-order valence-corrected chi connectivity index (χ3v) is 5.60. The van der Waals surface area contributed by atoms with Crippen LogP contribution in [-0.2, 0) is 11.3 Å². The van der Waals surface area contributed by atoms with Gasteiger partial charge in [0.15, 0.2) is 0 Å². The standard InChI is InChI=1S/C30H28N4O2/c1-2-3-17-36-28-16-10-13-24(19-28)29-26(22-34(33-29)27-14-8-5-9-15-27)18-25(20-31)30(35)32-21-23-11-6-4-7-12-23/h4-16,18-19,22H,2-3,17,21H2,1H3,(H,32,35)/b25-18-. The highest BCUT2D eigenvalue weighted by Gasteiger charge is 2.16. The van der Waals surface area contributed by atoms with Gasteiger partial charge in [0.25, 0.3) is 5.91 Å². The second-order valence-electron chi connectivity index (χ2n) is 8.28. The quantitative estimate of drug-likeness (QED) is 0.174. The van der Waals surface area contributed by atoms with Gasteiger partial charge in [-0.15, -0.1) is 0 Å². The van der Waals surface area contributed by atoms with Crippen molar-refractivity contribution in [3.8, 4) is 28.8 Å². The van der Waals surface area contributed by atoms with Crippen molar-refractivity contribution >= 4 is 12.0 Å². The summed E-state index contributed by atoms with van der Waals surface area (Å²) in [7, 11) is 0. The van der Waals surface area contributed by atoms with E-state index in [1.54, 1.807) is 10.8 Å². The van der Waals surface area contributed by atoms with E-state index in [4.69, 9.17) is 9.84 Å². The van der Waals surface area contributed by atoms with Crippen LogP contribution < -0.4 is 10.1 Å². The molecule has 4 rings (SSSR count). The molecule has 180 valence electrons. The zero-order valence-electron chi connectivity index (χ0n) is 20.2. The van der Waals surface area contributed by atoms with Crippen molar-refractivity contribution in [3.63, 3.8) is 0 Å². The van der Waals surface area contributed by atoms with Crippen LogP contribution in [0.3, 0.4) is 0 Å². The topological polar surface area (TPSA) is 79.9 Å². The van der Waals surface area contributed by atoms with Gasteiger partial charge in [-0.3, -0.25) is 4.79 Å². The minimum absolute atomic E-state index is 0.00939. The summed E-state index contributed by atoms with van der Waals surface area (Å²) in [6, 6.07) is 29.1. The lowest BCUT2D eigenvalue weighted by Gasteiger charge is -2.07. The second-order valence-corrected chi connectivity index (χ2v) is 8.28. The van der Waals surface area contributed by atoms with Gasteiger partial charge in [-0.25, -0.2) is 4.68 Å². The average molecular weight is 477 g/mol. The van der Waals surface area contributed by atoms with Gasteiger partial charge >= 0.3 is 0 Å². The molecule has 0 aliphatic carbocycles. The van der Waals surface area contributed by atoms with E-state index >= 15 is 0 Å². The van der Waals surface area contributed by atoms with Crippen molar-refractivity contribution in [1.29, 1.82) is 5.26 Å². The molecule has 0 radical (unpaired) electrons. The molecule has 6 heteroatoms. The summed E-state index contributed by atoms with van der Waals surface area (Å²) in [5.41, 5.74) is 4.00. The number of carbonyl (C=O) groups is 1. The lowest BCUT2D eigenvalue weighted by atomic mass is 10.1. The number of rotatable bonds is 10. The zero-order chi connectivity index (χ0) is 25.2. The average Bonchev–Trinajstić information content (AvgIpc) is 3.36. The number of hydrogen-bond acceptors (Lipinski definition) is 4. The van der Waals surface area contributed by atoms with Crippen LogP contribution in [0.1, 0.15) is 30.9 Å². The molecular weight excluding hydrogens is 448 g/mol. The molecule has 36 heavy (non-hydrogen) atoms. The first-order valence-corrected chi connectivity index (χ1v) is 12.0. The number of carbonyl (C=O) groups excluding carboxylic acids is 1. The number of hydrogen-bond donors (Lipinski definition) is 1. The van der Waals surface area contributed by atoms with E-state index < -0.39 is 5.91 Å². The van der Waals surface area contributed by atoms with Gasteiger partial charge in [0.05, 0.1) is 12.3 Å².